The highest BCUT2D eigenvalue weighted by atomic mass is 35.5. The van der Waals surface area contributed by atoms with E-state index in [1.165, 1.54) is 23.9 Å². The Morgan fingerprint density at radius 2 is 1.77 bits per heavy atom. The average Bonchev–Trinajstić information content (AvgIpc) is 2.98. The number of carbonyl (C=O) groups is 1. The molecule has 0 bridgehead atoms. The van der Waals surface area contributed by atoms with Crippen LogP contribution in [0.15, 0.2) is 47.6 Å². The van der Waals surface area contributed by atoms with Gasteiger partial charge in [0.05, 0.1) is 21.5 Å². The van der Waals surface area contributed by atoms with Gasteiger partial charge in [-0.2, -0.15) is 0 Å². The van der Waals surface area contributed by atoms with Crippen molar-refractivity contribution in [1.82, 2.24) is 14.8 Å². The summed E-state index contributed by atoms with van der Waals surface area (Å²) in [7, 11) is 1.86. The second kappa shape index (κ2) is 8.31. The zero-order valence-electron chi connectivity index (χ0n) is 13.5. The van der Waals surface area contributed by atoms with E-state index in [0.29, 0.717) is 15.9 Å². The molecular weight excluding hydrogens is 415 g/mol. The van der Waals surface area contributed by atoms with Gasteiger partial charge in [-0.05, 0) is 12.1 Å². The molecule has 0 aliphatic heterocycles. The van der Waals surface area contributed by atoms with Gasteiger partial charge in [0.15, 0.2) is 11.0 Å². The van der Waals surface area contributed by atoms with E-state index < -0.39 is 0 Å². The van der Waals surface area contributed by atoms with Gasteiger partial charge < -0.3 is 9.88 Å². The van der Waals surface area contributed by atoms with Gasteiger partial charge in [-0.15, -0.1) is 10.2 Å². The van der Waals surface area contributed by atoms with Crippen molar-refractivity contribution >= 4 is 58.2 Å². The fourth-order valence-corrected chi connectivity index (χ4v) is 3.87. The van der Waals surface area contributed by atoms with Crippen LogP contribution >= 0.6 is 46.6 Å². The monoisotopic (exact) mass is 426 g/mol. The smallest absolute Gasteiger partial charge is 0.234 e. The predicted octanol–water partition coefficient (Wildman–Crippen LogP) is 5.17. The van der Waals surface area contributed by atoms with Gasteiger partial charge in [-0.25, -0.2) is 0 Å². The number of hydrogen-bond donors (Lipinski definition) is 1. The van der Waals surface area contributed by atoms with Crippen molar-refractivity contribution in [2.45, 2.75) is 5.16 Å². The van der Waals surface area contributed by atoms with Crippen molar-refractivity contribution in [3.63, 3.8) is 0 Å². The van der Waals surface area contributed by atoms with E-state index in [1.54, 1.807) is 0 Å². The maximum atomic E-state index is 12.2. The van der Waals surface area contributed by atoms with E-state index in [1.807, 2.05) is 41.9 Å². The first kappa shape index (κ1) is 19.0. The first-order valence-corrected chi connectivity index (χ1v) is 9.59. The topological polar surface area (TPSA) is 59.8 Å². The summed E-state index contributed by atoms with van der Waals surface area (Å²) in [5, 5.41) is 12.6. The first-order chi connectivity index (χ1) is 12.5. The molecule has 0 fully saturated rings. The Bertz CT molecular complexity index is 923. The van der Waals surface area contributed by atoms with E-state index in [0.717, 1.165) is 11.4 Å². The Kier molecular flexibility index (Phi) is 6.09. The van der Waals surface area contributed by atoms with E-state index in [-0.39, 0.29) is 21.7 Å². The van der Waals surface area contributed by atoms with Crippen LogP contribution in [0.2, 0.25) is 15.1 Å². The van der Waals surface area contributed by atoms with Crippen molar-refractivity contribution in [2.75, 3.05) is 11.1 Å². The molecule has 9 heteroatoms. The molecule has 134 valence electrons. The SMILES string of the molecule is Cn1c(SCC(=O)Nc2c(Cl)cc(Cl)cc2Cl)nnc1-c1ccccc1. The molecule has 0 spiro atoms. The van der Waals surface area contributed by atoms with Crippen LogP contribution < -0.4 is 5.32 Å². The lowest BCUT2D eigenvalue weighted by Crippen LogP contribution is -2.15. The number of halogens is 3. The third kappa shape index (κ3) is 4.32. The second-order valence-electron chi connectivity index (χ2n) is 5.31. The van der Waals surface area contributed by atoms with E-state index in [2.05, 4.69) is 15.5 Å². The predicted molar refractivity (Wildman–Crippen MR) is 107 cm³/mol. The zero-order chi connectivity index (χ0) is 18.7. The molecule has 0 aliphatic carbocycles. The summed E-state index contributed by atoms with van der Waals surface area (Å²) in [4.78, 5) is 12.2. The van der Waals surface area contributed by atoms with Crippen molar-refractivity contribution in [1.29, 1.82) is 0 Å². The number of nitrogens with one attached hydrogen (secondary N) is 1. The Morgan fingerprint density at radius 1 is 1.12 bits per heavy atom. The minimum absolute atomic E-state index is 0.135. The standard InChI is InChI=1S/C17H13Cl3N4OS/c1-24-16(10-5-3-2-4-6-10)22-23-17(24)26-9-14(25)21-15-12(19)7-11(18)8-13(15)20/h2-8H,9H2,1H3,(H,21,25). The molecule has 0 unspecified atom stereocenters. The molecule has 2 aromatic carbocycles. The molecule has 0 radical (unpaired) electrons. The van der Waals surface area contributed by atoms with E-state index >= 15 is 0 Å². The number of hydrogen-bond acceptors (Lipinski definition) is 4. The lowest BCUT2D eigenvalue weighted by molar-refractivity contribution is -0.113. The van der Waals surface area contributed by atoms with Gasteiger partial charge in [-0.1, -0.05) is 76.9 Å². The number of thioether (sulfide) groups is 1. The normalized spacial score (nSPS) is 10.8. The van der Waals surface area contributed by atoms with Crippen LogP contribution in [0.25, 0.3) is 11.4 Å². The number of aromatic nitrogens is 3. The van der Waals surface area contributed by atoms with Crippen molar-refractivity contribution < 1.29 is 4.79 Å². The molecule has 1 N–H and O–H groups in total. The number of rotatable bonds is 5. The zero-order valence-corrected chi connectivity index (χ0v) is 16.6. The van der Waals surface area contributed by atoms with Crippen LogP contribution in [-0.4, -0.2) is 26.4 Å². The van der Waals surface area contributed by atoms with E-state index in [4.69, 9.17) is 34.8 Å². The summed E-state index contributed by atoms with van der Waals surface area (Å²) in [5.41, 5.74) is 1.30. The third-order valence-corrected chi connectivity index (χ3v) is 5.31. The highest BCUT2D eigenvalue weighted by molar-refractivity contribution is 7.99. The fourth-order valence-electron chi connectivity index (χ4n) is 2.25. The third-order valence-electron chi connectivity index (χ3n) is 3.47. The molecule has 0 atom stereocenters. The maximum Gasteiger partial charge on any atom is 0.234 e. The van der Waals surface area contributed by atoms with Gasteiger partial charge in [0.2, 0.25) is 5.91 Å². The van der Waals surface area contributed by atoms with Gasteiger partial charge in [-0.3, -0.25) is 4.79 Å². The molecule has 1 aromatic heterocycles. The molecule has 3 rings (SSSR count). The molecule has 1 heterocycles. The van der Waals surface area contributed by atoms with Crippen LogP contribution in [0.4, 0.5) is 5.69 Å². The Balaban J connectivity index is 1.67. The number of amides is 1. The van der Waals surface area contributed by atoms with Crippen molar-refractivity contribution in [2.24, 2.45) is 7.05 Å². The van der Waals surface area contributed by atoms with Crippen molar-refractivity contribution in [3.05, 3.63) is 57.5 Å². The number of anilines is 1. The van der Waals surface area contributed by atoms with Crippen LogP contribution in [0.5, 0.6) is 0 Å². The Hall–Kier alpha value is -1.73. The molecule has 3 aromatic rings. The number of benzene rings is 2. The summed E-state index contributed by atoms with van der Waals surface area (Å²) in [5.74, 6) is 0.610. The number of carbonyl (C=O) groups excluding carboxylic acids is 1. The summed E-state index contributed by atoms with van der Waals surface area (Å²) in [6.45, 7) is 0. The molecular formula is C17H13Cl3N4OS. The first-order valence-electron chi connectivity index (χ1n) is 7.47. The minimum atomic E-state index is -0.259. The van der Waals surface area contributed by atoms with Gasteiger partial charge in [0.25, 0.3) is 0 Å². The number of nitrogens with zero attached hydrogens (tertiary/aromatic N) is 3. The highest BCUT2D eigenvalue weighted by Crippen LogP contribution is 2.34. The van der Waals surface area contributed by atoms with Gasteiger partial charge in [0.1, 0.15) is 0 Å². The molecule has 26 heavy (non-hydrogen) atoms. The molecule has 0 aliphatic rings. The molecule has 0 saturated carbocycles. The van der Waals surface area contributed by atoms with E-state index in [9.17, 15) is 4.79 Å². The lowest BCUT2D eigenvalue weighted by Gasteiger charge is -2.09. The average molecular weight is 428 g/mol. The summed E-state index contributed by atoms with van der Waals surface area (Å²) >= 11 is 19.3. The van der Waals surface area contributed by atoms with Crippen LogP contribution in [0.1, 0.15) is 0 Å². The Labute approximate surface area is 169 Å². The summed E-state index contributed by atoms with van der Waals surface area (Å²) in [6.07, 6.45) is 0. The van der Waals surface area contributed by atoms with Crippen LogP contribution in [0, 0.1) is 0 Å². The highest BCUT2D eigenvalue weighted by Gasteiger charge is 2.15. The largest absolute Gasteiger partial charge is 0.323 e. The second-order valence-corrected chi connectivity index (χ2v) is 7.51. The van der Waals surface area contributed by atoms with Crippen LogP contribution in [0.3, 0.4) is 0 Å². The van der Waals surface area contributed by atoms with Crippen LogP contribution in [-0.2, 0) is 11.8 Å². The fraction of sp³-hybridized carbons (Fsp3) is 0.118. The molecule has 5 nitrogen and oxygen atoms in total. The quantitative estimate of drug-likeness (QED) is 0.570. The molecule has 1 amide bonds. The minimum Gasteiger partial charge on any atom is -0.323 e. The maximum absolute atomic E-state index is 12.2. The van der Waals surface area contributed by atoms with Crippen molar-refractivity contribution in [3.8, 4) is 11.4 Å². The lowest BCUT2D eigenvalue weighted by atomic mass is 10.2. The van der Waals surface area contributed by atoms with Gasteiger partial charge >= 0.3 is 0 Å². The molecule has 0 saturated heterocycles. The Morgan fingerprint density at radius 3 is 2.42 bits per heavy atom. The summed E-state index contributed by atoms with van der Waals surface area (Å²) < 4.78 is 1.84. The van der Waals surface area contributed by atoms with Gasteiger partial charge in [0, 0.05) is 17.6 Å². The summed E-state index contributed by atoms with van der Waals surface area (Å²) in [6, 6.07) is 12.8.